The molecule has 174 valence electrons. The Bertz CT molecular complexity index is 1060. The highest BCUT2D eigenvalue weighted by atomic mass is 32.2. The van der Waals surface area contributed by atoms with E-state index in [4.69, 9.17) is 4.74 Å². The molecule has 1 fully saturated rings. The third-order valence-corrected chi connectivity index (χ3v) is 7.46. The van der Waals surface area contributed by atoms with E-state index in [2.05, 4.69) is 5.32 Å². The van der Waals surface area contributed by atoms with Crippen LogP contribution in [0.2, 0.25) is 0 Å². The molecule has 2 unspecified atom stereocenters. The summed E-state index contributed by atoms with van der Waals surface area (Å²) in [6.45, 7) is 0. The van der Waals surface area contributed by atoms with Gasteiger partial charge in [-0.25, -0.2) is 8.42 Å². The SMILES string of the molecule is COc1ccccc1N(C)S(=O)(=O)c1ccc(C(=O)NC2CCCC(C(F)(F)F)C2)cc1. The molecule has 0 spiro atoms. The summed E-state index contributed by atoms with van der Waals surface area (Å²) in [7, 11) is -1.08. The Hall–Kier alpha value is -2.75. The number of hydrogen-bond acceptors (Lipinski definition) is 4. The van der Waals surface area contributed by atoms with Crippen LogP contribution in [0.4, 0.5) is 18.9 Å². The number of benzene rings is 2. The molecule has 2 aromatic carbocycles. The number of alkyl halides is 3. The van der Waals surface area contributed by atoms with Crippen molar-refractivity contribution in [1.29, 1.82) is 0 Å². The number of hydrogen-bond donors (Lipinski definition) is 1. The van der Waals surface area contributed by atoms with Crippen molar-refractivity contribution in [3.8, 4) is 5.75 Å². The fourth-order valence-corrected chi connectivity index (χ4v) is 5.05. The van der Waals surface area contributed by atoms with Crippen molar-refractivity contribution in [2.45, 2.75) is 42.8 Å². The second-order valence-corrected chi connectivity index (χ2v) is 9.71. The Balaban J connectivity index is 1.72. The number of carbonyl (C=O) groups excluding carboxylic acids is 1. The molecule has 3 rings (SSSR count). The maximum atomic E-state index is 13.0. The summed E-state index contributed by atoms with van der Waals surface area (Å²) in [5.41, 5.74) is 0.534. The Morgan fingerprint density at radius 2 is 1.75 bits per heavy atom. The Kier molecular flexibility index (Phi) is 7.02. The molecule has 0 radical (unpaired) electrons. The van der Waals surface area contributed by atoms with Gasteiger partial charge in [0.05, 0.1) is 23.6 Å². The highest BCUT2D eigenvalue weighted by Gasteiger charge is 2.42. The molecule has 6 nitrogen and oxygen atoms in total. The number of amides is 1. The van der Waals surface area contributed by atoms with E-state index in [0.29, 0.717) is 24.3 Å². The lowest BCUT2D eigenvalue weighted by atomic mass is 9.85. The first-order chi connectivity index (χ1) is 15.0. The zero-order chi connectivity index (χ0) is 23.5. The van der Waals surface area contributed by atoms with Gasteiger partial charge in [0.25, 0.3) is 15.9 Å². The summed E-state index contributed by atoms with van der Waals surface area (Å²) >= 11 is 0. The first-order valence-electron chi connectivity index (χ1n) is 10.1. The number of anilines is 1. The van der Waals surface area contributed by atoms with Gasteiger partial charge in [-0.1, -0.05) is 18.6 Å². The summed E-state index contributed by atoms with van der Waals surface area (Å²) in [6, 6.07) is 11.4. The molecule has 2 atom stereocenters. The monoisotopic (exact) mass is 470 g/mol. The van der Waals surface area contributed by atoms with E-state index in [9.17, 15) is 26.4 Å². The van der Waals surface area contributed by atoms with E-state index < -0.39 is 34.1 Å². The summed E-state index contributed by atoms with van der Waals surface area (Å²) in [5.74, 6) is -1.56. The fourth-order valence-electron chi connectivity index (χ4n) is 3.84. The van der Waals surface area contributed by atoms with Gasteiger partial charge in [0, 0.05) is 18.7 Å². The zero-order valence-electron chi connectivity index (χ0n) is 17.7. The maximum Gasteiger partial charge on any atom is 0.391 e. The minimum atomic E-state index is -4.27. The average Bonchev–Trinajstić information content (AvgIpc) is 2.78. The van der Waals surface area contributed by atoms with E-state index in [1.807, 2.05) is 0 Å². The van der Waals surface area contributed by atoms with Gasteiger partial charge in [-0.2, -0.15) is 13.2 Å². The van der Waals surface area contributed by atoms with Crippen LogP contribution in [-0.4, -0.2) is 40.7 Å². The number of para-hydroxylation sites is 2. The number of sulfonamides is 1. The van der Waals surface area contributed by atoms with Crippen molar-refractivity contribution in [2.75, 3.05) is 18.5 Å². The van der Waals surface area contributed by atoms with Crippen molar-refractivity contribution in [1.82, 2.24) is 5.32 Å². The molecule has 1 amide bonds. The molecule has 1 N–H and O–H groups in total. The first kappa shape index (κ1) is 23.9. The zero-order valence-corrected chi connectivity index (χ0v) is 18.5. The van der Waals surface area contributed by atoms with Gasteiger partial charge < -0.3 is 10.1 Å². The average molecular weight is 471 g/mol. The second kappa shape index (κ2) is 9.40. The van der Waals surface area contributed by atoms with Crippen LogP contribution < -0.4 is 14.4 Å². The Morgan fingerprint density at radius 1 is 1.09 bits per heavy atom. The van der Waals surface area contributed by atoms with Crippen molar-refractivity contribution < 1.29 is 31.1 Å². The molecule has 1 aliphatic rings. The molecule has 2 aromatic rings. The highest BCUT2D eigenvalue weighted by molar-refractivity contribution is 7.92. The lowest BCUT2D eigenvalue weighted by Crippen LogP contribution is -2.41. The summed E-state index contributed by atoms with van der Waals surface area (Å²) in [5, 5.41) is 2.64. The van der Waals surface area contributed by atoms with E-state index >= 15 is 0 Å². The van der Waals surface area contributed by atoms with Gasteiger partial charge in [0.1, 0.15) is 5.75 Å². The smallest absolute Gasteiger partial charge is 0.391 e. The molecule has 1 saturated carbocycles. The van der Waals surface area contributed by atoms with E-state index in [1.54, 1.807) is 24.3 Å². The fraction of sp³-hybridized carbons (Fsp3) is 0.409. The van der Waals surface area contributed by atoms with Crippen LogP contribution in [0.1, 0.15) is 36.0 Å². The van der Waals surface area contributed by atoms with E-state index in [1.165, 1.54) is 38.4 Å². The van der Waals surface area contributed by atoms with Gasteiger partial charge in [-0.15, -0.1) is 0 Å². The van der Waals surface area contributed by atoms with Crippen molar-refractivity contribution in [3.63, 3.8) is 0 Å². The Labute approximate surface area is 185 Å². The minimum absolute atomic E-state index is 0.0303. The van der Waals surface area contributed by atoms with Gasteiger partial charge in [-0.3, -0.25) is 9.10 Å². The lowest BCUT2D eigenvalue weighted by molar-refractivity contribution is -0.183. The minimum Gasteiger partial charge on any atom is -0.495 e. The van der Waals surface area contributed by atoms with Crippen LogP contribution >= 0.6 is 0 Å². The maximum absolute atomic E-state index is 13.0. The van der Waals surface area contributed by atoms with Crippen molar-refractivity contribution in [3.05, 3.63) is 54.1 Å². The lowest BCUT2D eigenvalue weighted by Gasteiger charge is -2.31. The summed E-state index contributed by atoms with van der Waals surface area (Å²) in [4.78, 5) is 12.5. The van der Waals surface area contributed by atoms with Crippen molar-refractivity contribution in [2.24, 2.45) is 5.92 Å². The topological polar surface area (TPSA) is 75.7 Å². The van der Waals surface area contributed by atoms with Gasteiger partial charge >= 0.3 is 6.18 Å². The van der Waals surface area contributed by atoms with Crippen LogP contribution in [0, 0.1) is 5.92 Å². The number of nitrogens with zero attached hydrogens (tertiary/aromatic N) is 1. The Morgan fingerprint density at radius 3 is 2.38 bits per heavy atom. The number of methoxy groups -OCH3 is 1. The molecule has 1 aliphatic carbocycles. The largest absolute Gasteiger partial charge is 0.495 e. The number of rotatable bonds is 6. The molecule has 0 saturated heterocycles. The summed E-state index contributed by atoms with van der Waals surface area (Å²) < 4.78 is 71.2. The van der Waals surface area contributed by atoms with E-state index in [-0.39, 0.29) is 23.3 Å². The first-order valence-corrected chi connectivity index (χ1v) is 11.6. The van der Waals surface area contributed by atoms with E-state index in [0.717, 1.165) is 4.31 Å². The van der Waals surface area contributed by atoms with Gasteiger partial charge in [0.15, 0.2) is 0 Å². The molecule has 10 heteroatoms. The third-order valence-electron chi connectivity index (χ3n) is 5.67. The van der Waals surface area contributed by atoms with Crippen LogP contribution in [0.15, 0.2) is 53.4 Å². The van der Waals surface area contributed by atoms with Crippen LogP contribution in [0.3, 0.4) is 0 Å². The molecule has 0 aliphatic heterocycles. The predicted octanol–water partition coefficient (Wildman–Crippen LogP) is 4.37. The van der Waals surface area contributed by atoms with Crippen LogP contribution in [0.25, 0.3) is 0 Å². The van der Waals surface area contributed by atoms with Crippen LogP contribution in [0.5, 0.6) is 5.75 Å². The molecule has 0 aromatic heterocycles. The molecular formula is C22H25F3N2O4S. The normalized spacial score (nSPS) is 19.3. The van der Waals surface area contributed by atoms with Crippen molar-refractivity contribution >= 4 is 21.6 Å². The van der Waals surface area contributed by atoms with Gasteiger partial charge in [0.2, 0.25) is 0 Å². The second-order valence-electron chi connectivity index (χ2n) is 7.74. The molecular weight excluding hydrogens is 445 g/mol. The predicted molar refractivity (Wildman–Crippen MR) is 114 cm³/mol. The molecule has 32 heavy (non-hydrogen) atoms. The van der Waals surface area contributed by atoms with Crippen LogP contribution in [-0.2, 0) is 10.0 Å². The standard InChI is InChI=1S/C22H25F3N2O4S/c1-27(19-8-3-4-9-20(19)31-2)32(29,30)18-12-10-15(11-13-18)21(28)26-17-7-5-6-16(14-17)22(23,24)25/h3-4,8-13,16-17H,5-7,14H2,1-2H3,(H,26,28). The number of nitrogens with one attached hydrogen (secondary N) is 1. The third kappa shape index (κ3) is 5.17. The summed E-state index contributed by atoms with van der Waals surface area (Å²) in [6.07, 6.45) is -3.48. The number of ether oxygens (including phenoxy) is 1. The molecule has 0 heterocycles. The van der Waals surface area contributed by atoms with Gasteiger partial charge in [-0.05, 0) is 55.7 Å². The highest BCUT2D eigenvalue weighted by Crippen LogP contribution is 2.37. The number of halogens is 3. The number of carbonyl (C=O) groups is 1. The molecule has 0 bridgehead atoms. The quantitative estimate of drug-likeness (QED) is 0.680.